The molecule has 0 aromatic heterocycles. The fourth-order valence-electron chi connectivity index (χ4n) is 4.14. The number of piperidine rings is 1. The molecule has 1 saturated heterocycles. The number of benzene rings is 2. The van der Waals surface area contributed by atoms with E-state index in [1.165, 1.54) is 48.9 Å². The number of amides is 1. The van der Waals surface area contributed by atoms with Crippen LogP contribution < -0.4 is 10.2 Å². The molecule has 1 fully saturated rings. The van der Waals surface area contributed by atoms with Crippen molar-refractivity contribution in [2.24, 2.45) is 0 Å². The molecular formula is C23H28N2O. The average Bonchev–Trinajstić information content (AvgIpc) is 2.72. The summed E-state index contributed by atoms with van der Waals surface area (Å²) in [5.41, 5.74) is 6.01. The van der Waals surface area contributed by atoms with Crippen LogP contribution in [0.1, 0.15) is 59.2 Å². The topological polar surface area (TPSA) is 32.3 Å². The van der Waals surface area contributed by atoms with E-state index in [-0.39, 0.29) is 5.91 Å². The summed E-state index contributed by atoms with van der Waals surface area (Å²) in [7, 11) is 0. The van der Waals surface area contributed by atoms with Crippen LogP contribution in [0.4, 0.5) is 5.69 Å². The third kappa shape index (κ3) is 3.92. The van der Waals surface area contributed by atoms with E-state index in [1.807, 2.05) is 6.07 Å². The zero-order valence-electron chi connectivity index (χ0n) is 15.5. The molecule has 3 nitrogen and oxygen atoms in total. The van der Waals surface area contributed by atoms with Gasteiger partial charge in [0.05, 0.1) is 0 Å². The van der Waals surface area contributed by atoms with E-state index in [0.29, 0.717) is 6.54 Å². The highest BCUT2D eigenvalue weighted by molar-refractivity contribution is 5.94. The lowest BCUT2D eigenvalue weighted by Crippen LogP contribution is -2.29. The van der Waals surface area contributed by atoms with Gasteiger partial charge in [-0.05, 0) is 85.9 Å². The van der Waals surface area contributed by atoms with Gasteiger partial charge < -0.3 is 10.2 Å². The van der Waals surface area contributed by atoms with E-state index in [9.17, 15) is 4.79 Å². The van der Waals surface area contributed by atoms with E-state index >= 15 is 0 Å². The van der Waals surface area contributed by atoms with Gasteiger partial charge in [-0.2, -0.15) is 0 Å². The highest BCUT2D eigenvalue weighted by Crippen LogP contribution is 2.23. The highest BCUT2D eigenvalue weighted by Gasteiger charge is 2.13. The Morgan fingerprint density at radius 3 is 2.35 bits per heavy atom. The number of hydrogen-bond donors (Lipinski definition) is 1. The summed E-state index contributed by atoms with van der Waals surface area (Å²) in [4.78, 5) is 15.0. The Hall–Kier alpha value is -2.29. The molecule has 0 bridgehead atoms. The zero-order valence-corrected chi connectivity index (χ0v) is 15.5. The third-order valence-electron chi connectivity index (χ3n) is 5.72. The first-order valence-electron chi connectivity index (χ1n) is 10.0. The second kappa shape index (κ2) is 7.94. The molecule has 1 amide bonds. The van der Waals surface area contributed by atoms with Gasteiger partial charge in [-0.1, -0.05) is 18.2 Å². The minimum Gasteiger partial charge on any atom is -0.372 e. The van der Waals surface area contributed by atoms with Gasteiger partial charge in [0.25, 0.3) is 5.91 Å². The normalized spacial score (nSPS) is 16.8. The van der Waals surface area contributed by atoms with Gasteiger partial charge in [0, 0.05) is 30.9 Å². The lowest BCUT2D eigenvalue weighted by molar-refractivity contribution is 0.0951. The van der Waals surface area contributed by atoms with Crippen molar-refractivity contribution < 1.29 is 4.79 Å². The molecule has 1 aliphatic heterocycles. The van der Waals surface area contributed by atoms with Crippen LogP contribution in [0.15, 0.2) is 42.5 Å². The highest BCUT2D eigenvalue weighted by atomic mass is 16.1. The number of carbonyl (C=O) groups is 1. The molecule has 0 spiro atoms. The molecule has 0 radical (unpaired) electrons. The summed E-state index contributed by atoms with van der Waals surface area (Å²) in [6.45, 7) is 2.90. The van der Waals surface area contributed by atoms with Crippen LogP contribution in [0.3, 0.4) is 0 Å². The minimum absolute atomic E-state index is 0.0264. The SMILES string of the molecule is O=C(NCc1ccc(N2CCCCC2)cc1)c1ccc2c(c1)CCCC2. The van der Waals surface area contributed by atoms with Gasteiger partial charge in [-0.15, -0.1) is 0 Å². The number of nitrogens with one attached hydrogen (secondary N) is 1. The summed E-state index contributed by atoms with van der Waals surface area (Å²) < 4.78 is 0. The van der Waals surface area contributed by atoms with E-state index < -0.39 is 0 Å². The molecule has 0 saturated carbocycles. The molecule has 0 atom stereocenters. The molecule has 2 aliphatic rings. The quantitative estimate of drug-likeness (QED) is 0.883. The maximum absolute atomic E-state index is 12.5. The Morgan fingerprint density at radius 2 is 1.58 bits per heavy atom. The van der Waals surface area contributed by atoms with Crippen LogP contribution in [0.2, 0.25) is 0 Å². The van der Waals surface area contributed by atoms with Crippen LogP contribution in [0.5, 0.6) is 0 Å². The van der Waals surface area contributed by atoms with Crippen LogP contribution in [0.25, 0.3) is 0 Å². The number of anilines is 1. The molecule has 4 rings (SSSR count). The molecule has 1 aliphatic carbocycles. The Balaban J connectivity index is 1.35. The standard InChI is InChI=1S/C23H28N2O/c26-23(21-11-10-19-6-2-3-7-20(19)16-21)24-17-18-8-12-22(13-9-18)25-14-4-1-5-15-25/h8-13,16H,1-7,14-15,17H2,(H,24,26). The summed E-state index contributed by atoms with van der Waals surface area (Å²) in [5.74, 6) is 0.0264. The number of carbonyl (C=O) groups excluding carboxylic acids is 1. The van der Waals surface area contributed by atoms with Crippen molar-refractivity contribution in [2.45, 2.75) is 51.5 Å². The maximum Gasteiger partial charge on any atom is 0.251 e. The van der Waals surface area contributed by atoms with Crippen LogP contribution >= 0.6 is 0 Å². The fraction of sp³-hybridized carbons (Fsp3) is 0.435. The van der Waals surface area contributed by atoms with Gasteiger partial charge >= 0.3 is 0 Å². The second-order valence-electron chi connectivity index (χ2n) is 7.59. The Morgan fingerprint density at radius 1 is 0.846 bits per heavy atom. The Kier molecular flexibility index (Phi) is 5.24. The number of fused-ring (bicyclic) bond motifs is 1. The van der Waals surface area contributed by atoms with Gasteiger partial charge in [-0.3, -0.25) is 4.79 Å². The van der Waals surface area contributed by atoms with E-state index in [1.54, 1.807) is 0 Å². The number of hydrogen-bond acceptors (Lipinski definition) is 2. The average molecular weight is 348 g/mol. The predicted octanol–water partition coefficient (Wildman–Crippen LogP) is 4.49. The fourth-order valence-corrected chi connectivity index (χ4v) is 4.14. The minimum atomic E-state index is 0.0264. The first-order valence-corrected chi connectivity index (χ1v) is 10.0. The molecule has 1 N–H and O–H groups in total. The first-order chi connectivity index (χ1) is 12.8. The van der Waals surface area contributed by atoms with Gasteiger partial charge in [-0.25, -0.2) is 0 Å². The largest absolute Gasteiger partial charge is 0.372 e. The molecule has 1 heterocycles. The Labute approximate surface area is 156 Å². The number of rotatable bonds is 4. The molecule has 136 valence electrons. The van der Waals surface area contributed by atoms with Gasteiger partial charge in [0.2, 0.25) is 0 Å². The molecule has 2 aromatic carbocycles. The maximum atomic E-state index is 12.5. The van der Waals surface area contributed by atoms with Crippen molar-refractivity contribution in [3.05, 3.63) is 64.7 Å². The summed E-state index contributed by atoms with van der Waals surface area (Å²) in [5, 5.41) is 3.07. The van der Waals surface area contributed by atoms with E-state index in [4.69, 9.17) is 0 Å². The molecular weight excluding hydrogens is 320 g/mol. The molecule has 0 unspecified atom stereocenters. The van der Waals surface area contributed by atoms with Gasteiger partial charge in [0.15, 0.2) is 0 Å². The molecule has 3 heteroatoms. The van der Waals surface area contributed by atoms with E-state index in [2.05, 4.69) is 46.6 Å². The van der Waals surface area contributed by atoms with Crippen molar-refractivity contribution in [1.29, 1.82) is 0 Å². The molecule has 2 aromatic rings. The van der Waals surface area contributed by atoms with Crippen LogP contribution in [-0.4, -0.2) is 19.0 Å². The van der Waals surface area contributed by atoms with Crippen molar-refractivity contribution >= 4 is 11.6 Å². The summed E-state index contributed by atoms with van der Waals surface area (Å²) >= 11 is 0. The monoisotopic (exact) mass is 348 g/mol. The third-order valence-corrected chi connectivity index (χ3v) is 5.72. The first kappa shape index (κ1) is 17.1. The Bertz CT molecular complexity index is 760. The van der Waals surface area contributed by atoms with E-state index in [0.717, 1.165) is 37.1 Å². The predicted molar refractivity (Wildman–Crippen MR) is 107 cm³/mol. The summed E-state index contributed by atoms with van der Waals surface area (Å²) in [6.07, 6.45) is 8.70. The zero-order chi connectivity index (χ0) is 17.8. The van der Waals surface area contributed by atoms with Crippen molar-refractivity contribution in [3.8, 4) is 0 Å². The molecule has 26 heavy (non-hydrogen) atoms. The summed E-state index contributed by atoms with van der Waals surface area (Å²) in [6, 6.07) is 14.8. The van der Waals surface area contributed by atoms with Gasteiger partial charge in [0.1, 0.15) is 0 Å². The van der Waals surface area contributed by atoms with Crippen molar-refractivity contribution in [1.82, 2.24) is 5.32 Å². The number of nitrogens with zero attached hydrogens (tertiary/aromatic N) is 1. The lowest BCUT2D eigenvalue weighted by atomic mass is 9.90. The second-order valence-corrected chi connectivity index (χ2v) is 7.59. The van der Waals surface area contributed by atoms with Crippen LogP contribution in [0, 0.1) is 0 Å². The van der Waals surface area contributed by atoms with Crippen molar-refractivity contribution in [3.63, 3.8) is 0 Å². The smallest absolute Gasteiger partial charge is 0.251 e. The number of aryl methyl sites for hydroxylation is 2. The van der Waals surface area contributed by atoms with Crippen LogP contribution in [-0.2, 0) is 19.4 Å². The van der Waals surface area contributed by atoms with Crippen molar-refractivity contribution in [2.75, 3.05) is 18.0 Å². The lowest BCUT2D eigenvalue weighted by Gasteiger charge is -2.28.